The molecule has 2 saturated heterocycles. The van der Waals surface area contributed by atoms with Crippen molar-refractivity contribution in [3.8, 4) is 17.6 Å². The second-order valence-corrected chi connectivity index (χ2v) is 12.2. The van der Waals surface area contributed by atoms with Crippen molar-refractivity contribution in [2.45, 2.75) is 42.5 Å². The molecule has 232 valence electrons. The number of rotatable bonds is 3. The summed E-state index contributed by atoms with van der Waals surface area (Å²) in [5.41, 5.74) is 2.27. The van der Waals surface area contributed by atoms with Crippen LogP contribution in [0.3, 0.4) is 0 Å². The zero-order valence-electron chi connectivity index (χ0n) is 24.4. The number of nitrogens with zero attached hydrogens (tertiary/aromatic N) is 4. The smallest absolute Gasteiger partial charge is 0.320 e. The summed E-state index contributed by atoms with van der Waals surface area (Å²) in [5.74, 6) is 4.69. The van der Waals surface area contributed by atoms with E-state index in [1.165, 1.54) is 7.11 Å². The monoisotopic (exact) mass is 623 g/mol. The molecule has 8 heterocycles. The van der Waals surface area contributed by atoms with Gasteiger partial charge in [0.1, 0.15) is 10.8 Å². The SMILES string of the molecule is COc1cc2ccc1NCC#Cc1cc3c(nccn3c1SC(F)F)NC1CCN(CC1)C(=O)N1CC[C@@H](CCNC2=O)C1. The zero-order valence-corrected chi connectivity index (χ0v) is 25.3. The minimum Gasteiger partial charge on any atom is -0.495 e. The molecular formula is C31H35F2N7O3S. The van der Waals surface area contributed by atoms with Crippen LogP contribution in [-0.2, 0) is 0 Å². The van der Waals surface area contributed by atoms with Crippen molar-refractivity contribution in [3.05, 3.63) is 47.8 Å². The molecule has 0 unspecified atom stereocenters. The number of thioether (sulfide) groups is 1. The Morgan fingerprint density at radius 1 is 1.07 bits per heavy atom. The average molecular weight is 624 g/mol. The maximum absolute atomic E-state index is 13.6. The summed E-state index contributed by atoms with van der Waals surface area (Å²) in [4.78, 5) is 34.5. The van der Waals surface area contributed by atoms with Gasteiger partial charge in [0.15, 0.2) is 5.82 Å². The second kappa shape index (κ2) is 13.2. The molecule has 0 aliphatic carbocycles. The van der Waals surface area contributed by atoms with Crippen molar-refractivity contribution in [2.24, 2.45) is 5.92 Å². The van der Waals surface area contributed by atoms with Crippen LogP contribution in [0.5, 0.6) is 5.75 Å². The number of ether oxygens (including phenoxy) is 1. The summed E-state index contributed by atoms with van der Waals surface area (Å²) in [6.45, 7) is 3.39. The molecule has 3 amide bonds. The van der Waals surface area contributed by atoms with Gasteiger partial charge < -0.3 is 34.9 Å². The maximum Gasteiger partial charge on any atom is 0.320 e. The number of aromatic nitrogens is 2. The summed E-state index contributed by atoms with van der Waals surface area (Å²) in [6, 6.07) is 7.08. The highest BCUT2D eigenvalue weighted by Crippen LogP contribution is 2.33. The number of carbonyl (C=O) groups is 2. The number of halogens is 2. The lowest BCUT2D eigenvalue weighted by Crippen LogP contribution is -2.48. The van der Waals surface area contributed by atoms with Crippen molar-refractivity contribution in [3.63, 3.8) is 0 Å². The standard InChI is InChI=1S/C31H35F2N7O3S/c1-43-26-18-21-4-5-24(26)34-10-2-3-22-17-25-27(35-12-16-40(25)29(22)44-30(32)33)37-23-8-14-38(15-9-23)31(42)39-13-7-20(19-39)6-11-36-28(21)41/h4-5,12,16-18,20,23,30,34H,6-11,13-15,19H2,1H3,(H,35,37)(H,36,41)/t20-/m1/s1. The Kier molecular flexibility index (Phi) is 8.97. The fourth-order valence-electron chi connectivity index (χ4n) is 6.08. The lowest BCUT2D eigenvalue weighted by Gasteiger charge is -2.35. The zero-order chi connectivity index (χ0) is 30.6. The third-order valence-electron chi connectivity index (χ3n) is 8.41. The number of amides is 3. The largest absolute Gasteiger partial charge is 0.495 e. The number of nitrogens with one attached hydrogen (secondary N) is 3. The lowest BCUT2D eigenvalue weighted by molar-refractivity contribution is 0.0950. The highest BCUT2D eigenvalue weighted by Gasteiger charge is 2.31. The van der Waals surface area contributed by atoms with E-state index in [-0.39, 0.29) is 24.5 Å². The minimum absolute atomic E-state index is 0.0602. The van der Waals surface area contributed by atoms with E-state index in [2.05, 4.69) is 32.8 Å². The van der Waals surface area contributed by atoms with E-state index < -0.39 is 5.76 Å². The molecule has 1 aromatic carbocycles. The summed E-state index contributed by atoms with van der Waals surface area (Å²) in [6.07, 6.45) is 6.47. The Morgan fingerprint density at radius 3 is 2.68 bits per heavy atom. The van der Waals surface area contributed by atoms with Gasteiger partial charge in [0.05, 0.1) is 30.4 Å². The van der Waals surface area contributed by atoms with Crippen molar-refractivity contribution < 1.29 is 23.1 Å². The molecule has 9 rings (SSSR count). The van der Waals surface area contributed by atoms with Gasteiger partial charge in [0.25, 0.3) is 11.7 Å². The summed E-state index contributed by atoms with van der Waals surface area (Å²) < 4.78 is 34.4. The molecule has 1 atom stereocenters. The molecule has 2 fully saturated rings. The number of carbonyl (C=O) groups excluding carboxylic acids is 2. The fraction of sp³-hybridized carbons (Fsp3) is 0.452. The number of hydrogen-bond acceptors (Lipinski definition) is 7. The van der Waals surface area contributed by atoms with Crippen molar-refractivity contribution >= 4 is 40.7 Å². The van der Waals surface area contributed by atoms with Crippen LogP contribution >= 0.6 is 11.8 Å². The van der Waals surface area contributed by atoms with Gasteiger partial charge >= 0.3 is 6.03 Å². The quantitative estimate of drug-likeness (QED) is 0.290. The highest BCUT2D eigenvalue weighted by molar-refractivity contribution is 7.99. The molecule has 3 N–H and O–H groups in total. The third-order valence-corrected chi connectivity index (χ3v) is 9.23. The summed E-state index contributed by atoms with van der Waals surface area (Å²) >= 11 is 0.448. The van der Waals surface area contributed by atoms with Gasteiger partial charge in [-0.15, -0.1) is 0 Å². The maximum atomic E-state index is 13.6. The molecule has 3 aromatic rings. The highest BCUT2D eigenvalue weighted by atomic mass is 32.2. The van der Waals surface area contributed by atoms with E-state index in [0.29, 0.717) is 89.3 Å². The topological polar surface area (TPSA) is 103 Å². The first-order valence-corrected chi connectivity index (χ1v) is 15.7. The number of anilines is 2. The van der Waals surface area contributed by atoms with Gasteiger partial charge in [-0.25, -0.2) is 9.78 Å². The molecule has 0 radical (unpaired) electrons. The van der Waals surface area contributed by atoms with Gasteiger partial charge in [-0.05, 0) is 67.6 Å². The normalized spacial score (nSPS) is 21.0. The molecule has 0 saturated carbocycles. The second-order valence-electron chi connectivity index (χ2n) is 11.2. The van der Waals surface area contributed by atoms with E-state index in [9.17, 15) is 18.4 Å². The van der Waals surface area contributed by atoms with Crippen LogP contribution in [0.25, 0.3) is 5.52 Å². The van der Waals surface area contributed by atoms with Crippen LogP contribution < -0.4 is 20.7 Å². The van der Waals surface area contributed by atoms with E-state index in [1.54, 1.807) is 41.1 Å². The Morgan fingerprint density at radius 2 is 1.89 bits per heavy atom. The summed E-state index contributed by atoms with van der Waals surface area (Å²) in [5, 5.41) is 10.0. The van der Waals surface area contributed by atoms with Gasteiger partial charge in [0, 0.05) is 56.7 Å². The number of methoxy groups -OCH3 is 1. The molecule has 2 aromatic heterocycles. The predicted octanol–water partition coefficient (Wildman–Crippen LogP) is 4.57. The predicted molar refractivity (Wildman–Crippen MR) is 166 cm³/mol. The first-order valence-electron chi connectivity index (χ1n) is 14.8. The van der Waals surface area contributed by atoms with E-state index >= 15 is 0 Å². The average Bonchev–Trinajstić information content (AvgIpc) is 3.64. The van der Waals surface area contributed by atoms with Crippen LogP contribution in [0.4, 0.5) is 25.1 Å². The third kappa shape index (κ3) is 6.50. The van der Waals surface area contributed by atoms with E-state index in [0.717, 1.165) is 25.7 Å². The van der Waals surface area contributed by atoms with Crippen molar-refractivity contribution in [1.29, 1.82) is 0 Å². The molecule has 6 aliphatic heterocycles. The van der Waals surface area contributed by atoms with Crippen molar-refractivity contribution in [1.82, 2.24) is 24.5 Å². The molecule has 0 spiro atoms. The van der Waals surface area contributed by atoms with Gasteiger partial charge in [0.2, 0.25) is 0 Å². The lowest BCUT2D eigenvalue weighted by atomic mass is 10.0. The molecule has 8 bridgehead atoms. The number of hydrogen-bond donors (Lipinski definition) is 3. The van der Waals surface area contributed by atoms with Crippen LogP contribution in [0.1, 0.15) is 41.6 Å². The Hall–Kier alpha value is -4.18. The summed E-state index contributed by atoms with van der Waals surface area (Å²) in [7, 11) is 1.53. The molecule has 13 heteroatoms. The van der Waals surface area contributed by atoms with Crippen LogP contribution in [0, 0.1) is 17.8 Å². The van der Waals surface area contributed by atoms with Gasteiger partial charge in [-0.3, -0.25) is 4.79 Å². The van der Waals surface area contributed by atoms with E-state index in [4.69, 9.17) is 4.74 Å². The number of alkyl halides is 2. The molecular weight excluding hydrogens is 588 g/mol. The number of piperidine rings is 1. The Bertz CT molecular complexity index is 1600. The van der Waals surface area contributed by atoms with Crippen LogP contribution in [0.2, 0.25) is 0 Å². The Balaban J connectivity index is 1.29. The van der Waals surface area contributed by atoms with Crippen molar-refractivity contribution in [2.75, 3.05) is 57.0 Å². The fourth-order valence-corrected chi connectivity index (χ4v) is 6.76. The molecule has 44 heavy (non-hydrogen) atoms. The van der Waals surface area contributed by atoms with Crippen LogP contribution in [-0.4, -0.2) is 89.3 Å². The number of urea groups is 1. The van der Waals surface area contributed by atoms with Crippen LogP contribution in [0.15, 0.2) is 41.7 Å². The van der Waals surface area contributed by atoms with Gasteiger partial charge in [-0.2, -0.15) is 8.78 Å². The molecule has 6 aliphatic rings. The number of benzene rings is 1. The molecule has 10 nitrogen and oxygen atoms in total. The van der Waals surface area contributed by atoms with E-state index in [1.807, 2.05) is 9.80 Å². The minimum atomic E-state index is -2.62. The van der Waals surface area contributed by atoms with Gasteiger partial charge in [-0.1, -0.05) is 11.8 Å². The first-order chi connectivity index (χ1) is 21.4. The first kappa shape index (κ1) is 29.9. The Labute approximate surface area is 258 Å².